The Labute approximate surface area is 132 Å². The molecule has 0 amide bonds. The lowest BCUT2D eigenvalue weighted by molar-refractivity contribution is 0.137. The summed E-state index contributed by atoms with van der Waals surface area (Å²) in [5, 5.41) is 10.4. The lowest BCUT2D eigenvalue weighted by atomic mass is 9.94. The summed E-state index contributed by atoms with van der Waals surface area (Å²) >= 11 is 0. The first kappa shape index (κ1) is 17.2. The van der Waals surface area contributed by atoms with Gasteiger partial charge >= 0.3 is 0 Å². The monoisotopic (exact) mass is 328 g/mol. The standard InChI is InChI=1S/C16H24O5S/c17-16-14(9-11-21-10-4-12-22(18,19)20)7-3-8-15(16)13-5-1-2-6-13/h3,7-8,13,17H,1-2,4-6,9-12H2,(H,18,19,20). The largest absolute Gasteiger partial charge is 0.507 e. The average Bonchev–Trinajstić information content (AvgIpc) is 2.97. The molecule has 0 heterocycles. The molecule has 0 aromatic heterocycles. The number of aromatic hydroxyl groups is 1. The van der Waals surface area contributed by atoms with Crippen LogP contribution in [-0.2, 0) is 21.3 Å². The third-order valence-electron chi connectivity index (χ3n) is 4.15. The van der Waals surface area contributed by atoms with E-state index in [9.17, 15) is 13.5 Å². The zero-order chi connectivity index (χ0) is 16.0. The quantitative estimate of drug-likeness (QED) is 0.566. The second-order valence-electron chi connectivity index (χ2n) is 5.84. The SMILES string of the molecule is O=S(=O)(O)CCCOCCc1cccc(C2CCCC2)c1O. The van der Waals surface area contributed by atoms with Crippen LogP contribution in [0.4, 0.5) is 0 Å². The van der Waals surface area contributed by atoms with Crippen molar-refractivity contribution in [3.63, 3.8) is 0 Å². The second-order valence-corrected chi connectivity index (χ2v) is 7.41. The van der Waals surface area contributed by atoms with Crippen molar-refractivity contribution in [1.29, 1.82) is 0 Å². The molecule has 124 valence electrons. The number of hydrogen-bond donors (Lipinski definition) is 2. The number of ether oxygens (including phenoxy) is 1. The zero-order valence-electron chi connectivity index (χ0n) is 12.7. The Morgan fingerprint density at radius 1 is 1.18 bits per heavy atom. The van der Waals surface area contributed by atoms with Gasteiger partial charge in [-0.1, -0.05) is 31.0 Å². The first-order valence-electron chi connectivity index (χ1n) is 7.81. The van der Waals surface area contributed by atoms with Gasteiger partial charge in [0.1, 0.15) is 5.75 Å². The smallest absolute Gasteiger partial charge is 0.264 e. The van der Waals surface area contributed by atoms with Gasteiger partial charge in [-0.15, -0.1) is 0 Å². The van der Waals surface area contributed by atoms with Crippen LogP contribution in [0, 0.1) is 0 Å². The summed E-state index contributed by atoms with van der Waals surface area (Å²) in [6.45, 7) is 0.704. The lowest BCUT2D eigenvalue weighted by Gasteiger charge is -2.14. The van der Waals surface area contributed by atoms with Gasteiger partial charge < -0.3 is 9.84 Å². The van der Waals surface area contributed by atoms with E-state index in [1.807, 2.05) is 18.2 Å². The van der Waals surface area contributed by atoms with E-state index >= 15 is 0 Å². The van der Waals surface area contributed by atoms with Crippen molar-refractivity contribution in [2.45, 2.75) is 44.4 Å². The maximum absolute atomic E-state index is 10.6. The van der Waals surface area contributed by atoms with E-state index in [-0.39, 0.29) is 18.8 Å². The van der Waals surface area contributed by atoms with Crippen molar-refractivity contribution < 1.29 is 22.8 Å². The molecular formula is C16H24O5S. The molecule has 0 radical (unpaired) electrons. The second kappa shape index (κ2) is 7.94. The van der Waals surface area contributed by atoms with E-state index in [1.165, 1.54) is 12.8 Å². The third kappa shape index (κ3) is 5.26. The highest BCUT2D eigenvalue weighted by atomic mass is 32.2. The minimum Gasteiger partial charge on any atom is -0.507 e. The molecular weight excluding hydrogens is 304 g/mol. The Balaban J connectivity index is 1.79. The molecule has 0 saturated heterocycles. The Morgan fingerprint density at radius 2 is 1.91 bits per heavy atom. The van der Waals surface area contributed by atoms with Crippen LogP contribution in [0.15, 0.2) is 18.2 Å². The van der Waals surface area contributed by atoms with Crippen LogP contribution >= 0.6 is 0 Å². The van der Waals surface area contributed by atoms with Crippen LogP contribution < -0.4 is 0 Å². The van der Waals surface area contributed by atoms with Gasteiger partial charge in [0, 0.05) is 6.61 Å². The Bertz CT molecular complexity index is 576. The van der Waals surface area contributed by atoms with Crippen molar-refractivity contribution in [3.05, 3.63) is 29.3 Å². The molecule has 1 aromatic rings. The van der Waals surface area contributed by atoms with Crippen molar-refractivity contribution in [2.75, 3.05) is 19.0 Å². The molecule has 1 aromatic carbocycles. The average molecular weight is 328 g/mol. The van der Waals surface area contributed by atoms with Gasteiger partial charge in [-0.2, -0.15) is 8.42 Å². The van der Waals surface area contributed by atoms with E-state index < -0.39 is 10.1 Å². The molecule has 22 heavy (non-hydrogen) atoms. The molecule has 1 fully saturated rings. The van der Waals surface area contributed by atoms with E-state index in [0.717, 1.165) is 24.0 Å². The predicted molar refractivity (Wildman–Crippen MR) is 84.9 cm³/mol. The van der Waals surface area contributed by atoms with Gasteiger partial charge in [0.25, 0.3) is 10.1 Å². The normalized spacial score (nSPS) is 16.2. The van der Waals surface area contributed by atoms with Crippen LogP contribution in [-0.4, -0.2) is 37.0 Å². The maximum Gasteiger partial charge on any atom is 0.264 e. The molecule has 0 spiro atoms. The van der Waals surface area contributed by atoms with Gasteiger partial charge in [-0.3, -0.25) is 4.55 Å². The van der Waals surface area contributed by atoms with Gasteiger partial charge in [0.15, 0.2) is 0 Å². The zero-order valence-corrected chi connectivity index (χ0v) is 13.5. The molecule has 2 rings (SSSR count). The molecule has 1 aliphatic carbocycles. The summed E-state index contributed by atoms with van der Waals surface area (Å²) in [6.07, 6.45) is 5.61. The Hall–Kier alpha value is -1.11. The highest BCUT2D eigenvalue weighted by Crippen LogP contribution is 2.39. The van der Waals surface area contributed by atoms with Crippen molar-refractivity contribution in [2.24, 2.45) is 0 Å². The summed E-state index contributed by atoms with van der Waals surface area (Å²) in [5.74, 6) is 0.571. The first-order chi connectivity index (χ1) is 10.5. The van der Waals surface area contributed by atoms with Crippen LogP contribution in [0.3, 0.4) is 0 Å². The van der Waals surface area contributed by atoms with Gasteiger partial charge in [-0.25, -0.2) is 0 Å². The number of benzene rings is 1. The van der Waals surface area contributed by atoms with Crippen molar-refractivity contribution in [1.82, 2.24) is 0 Å². The Morgan fingerprint density at radius 3 is 2.59 bits per heavy atom. The Kier molecular flexibility index (Phi) is 6.23. The van der Waals surface area contributed by atoms with Crippen LogP contribution in [0.2, 0.25) is 0 Å². The molecule has 1 saturated carbocycles. The predicted octanol–water partition coefficient (Wildman–Crippen LogP) is 2.89. The van der Waals surface area contributed by atoms with Gasteiger partial charge in [0.2, 0.25) is 0 Å². The fourth-order valence-electron chi connectivity index (χ4n) is 3.01. The summed E-state index contributed by atoms with van der Waals surface area (Å²) in [6, 6.07) is 5.87. The van der Waals surface area contributed by atoms with Gasteiger partial charge in [0.05, 0.1) is 12.4 Å². The van der Waals surface area contributed by atoms with Gasteiger partial charge in [-0.05, 0) is 42.7 Å². The summed E-state index contributed by atoms with van der Waals surface area (Å²) in [5.41, 5.74) is 1.92. The molecule has 1 aliphatic rings. The van der Waals surface area contributed by atoms with Crippen LogP contribution in [0.5, 0.6) is 5.75 Å². The van der Waals surface area contributed by atoms with E-state index in [2.05, 4.69) is 0 Å². The molecule has 0 aliphatic heterocycles. The lowest BCUT2D eigenvalue weighted by Crippen LogP contribution is -2.08. The van der Waals surface area contributed by atoms with Crippen molar-refractivity contribution in [3.8, 4) is 5.75 Å². The number of hydrogen-bond acceptors (Lipinski definition) is 4. The topological polar surface area (TPSA) is 83.8 Å². The molecule has 6 heteroatoms. The highest BCUT2D eigenvalue weighted by molar-refractivity contribution is 7.85. The fraction of sp³-hybridized carbons (Fsp3) is 0.625. The van der Waals surface area contributed by atoms with E-state index in [1.54, 1.807) is 0 Å². The molecule has 0 unspecified atom stereocenters. The number of phenolic OH excluding ortho intramolecular Hbond substituents is 1. The number of para-hydroxylation sites is 1. The maximum atomic E-state index is 10.6. The summed E-state index contributed by atoms with van der Waals surface area (Å²) in [4.78, 5) is 0. The first-order valence-corrected chi connectivity index (χ1v) is 9.42. The fourth-order valence-corrected chi connectivity index (χ4v) is 3.49. The molecule has 5 nitrogen and oxygen atoms in total. The number of rotatable bonds is 8. The molecule has 0 bridgehead atoms. The summed E-state index contributed by atoms with van der Waals surface area (Å²) in [7, 11) is -3.91. The van der Waals surface area contributed by atoms with Crippen LogP contribution in [0.25, 0.3) is 0 Å². The minimum absolute atomic E-state index is 0.271. The third-order valence-corrected chi connectivity index (χ3v) is 4.96. The molecule has 2 N–H and O–H groups in total. The van der Waals surface area contributed by atoms with Crippen molar-refractivity contribution >= 4 is 10.1 Å². The van der Waals surface area contributed by atoms with E-state index in [4.69, 9.17) is 9.29 Å². The highest BCUT2D eigenvalue weighted by Gasteiger charge is 2.21. The number of phenols is 1. The van der Waals surface area contributed by atoms with E-state index in [0.29, 0.717) is 24.7 Å². The molecule has 0 atom stereocenters. The summed E-state index contributed by atoms with van der Waals surface area (Å²) < 4.78 is 35.1. The van der Waals surface area contributed by atoms with Crippen LogP contribution in [0.1, 0.15) is 49.1 Å². The minimum atomic E-state index is -3.91.